The first-order valence-corrected chi connectivity index (χ1v) is 5.78. The molecule has 0 fully saturated rings. The zero-order valence-electron chi connectivity index (χ0n) is 10.6. The number of nitrogens with one attached hydrogen (secondary N) is 1. The van der Waals surface area contributed by atoms with Crippen LogP contribution in [0.3, 0.4) is 0 Å². The minimum absolute atomic E-state index is 0.187. The van der Waals surface area contributed by atoms with E-state index in [1.807, 2.05) is 6.07 Å². The summed E-state index contributed by atoms with van der Waals surface area (Å²) in [6.45, 7) is 1.66. The largest absolute Gasteiger partial charge is 0.479 e. The fourth-order valence-electron chi connectivity index (χ4n) is 1.74. The molecule has 0 bridgehead atoms. The SMILES string of the molecule is CC1Oc2ccc(N(C)C(=O)CC#N)cc2NC1=O. The normalized spacial score (nSPS) is 16.7. The molecule has 0 saturated carbocycles. The topological polar surface area (TPSA) is 82.4 Å². The van der Waals surface area contributed by atoms with E-state index in [1.54, 1.807) is 32.2 Å². The van der Waals surface area contributed by atoms with Gasteiger partial charge in [-0.3, -0.25) is 9.59 Å². The molecule has 1 unspecified atom stereocenters. The second-order valence-electron chi connectivity index (χ2n) is 4.22. The summed E-state index contributed by atoms with van der Waals surface area (Å²) in [6, 6.07) is 6.85. The molecule has 98 valence electrons. The molecular formula is C13H13N3O3. The summed E-state index contributed by atoms with van der Waals surface area (Å²) in [5.74, 6) is 0.0338. The molecule has 2 rings (SSSR count). The van der Waals surface area contributed by atoms with Crippen molar-refractivity contribution in [3.63, 3.8) is 0 Å². The van der Waals surface area contributed by atoms with E-state index in [2.05, 4.69) is 5.32 Å². The molecule has 6 heteroatoms. The van der Waals surface area contributed by atoms with Crippen LogP contribution < -0.4 is 15.0 Å². The summed E-state index contributed by atoms with van der Waals surface area (Å²) in [5.41, 5.74) is 1.12. The van der Waals surface area contributed by atoms with Crippen LogP contribution >= 0.6 is 0 Å². The molecule has 2 amide bonds. The van der Waals surface area contributed by atoms with Crippen LogP contribution in [0.25, 0.3) is 0 Å². The molecule has 0 saturated heterocycles. The first-order chi connectivity index (χ1) is 9.02. The smallest absolute Gasteiger partial charge is 0.265 e. The van der Waals surface area contributed by atoms with Crippen LogP contribution in [0.15, 0.2) is 18.2 Å². The first-order valence-electron chi connectivity index (χ1n) is 5.78. The maximum absolute atomic E-state index is 11.6. The fourth-order valence-corrected chi connectivity index (χ4v) is 1.74. The van der Waals surface area contributed by atoms with E-state index in [0.29, 0.717) is 17.1 Å². The van der Waals surface area contributed by atoms with Gasteiger partial charge in [0.05, 0.1) is 11.8 Å². The van der Waals surface area contributed by atoms with Crippen LogP contribution in [-0.2, 0) is 9.59 Å². The van der Waals surface area contributed by atoms with E-state index < -0.39 is 6.10 Å². The zero-order chi connectivity index (χ0) is 14.0. The van der Waals surface area contributed by atoms with Gasteiger partial charge in [0.1, 0.15) is 12.2 Å². The van der Waals surface area contributed by atoms with Gasteiger partial charge in [0.15, 0.2) is 6.10 Å². The Balaban J connectivity index is 2.27. The van der Waals surface area contributed by atoms with Gasteiger partial charge in [0.25, 0.3) is 5.91 Å². The van der Waals surface area contributed by atoms with Crippen LogP contribution in [0.1, 0.15) is 13.3 Å². The number of hydrogen-bond donors (Lipinski definition) is 1. The van der Waals surface area contributed by atoms with Gasteiger partial charge < -0.3 is 15.0 Å². The highest BCUT2D eigenvalue weighted by molar-refractivity contribution is 5.99. The Labute approximate surface area is 110 Å². The number of amides is 2. The molecule has 19 heavy (non-hydrogen) atoms. The Morgan fingerprint density at radius 3 is 3.00 bits per heavy atom. The third-order valence-corrected chi connectivity index (χ3v) is 2.89. The molecule has 0 spiro atoms. The van der Waals surface area contributed by atoms with E-state index in [0.717, 1.165) is 0 Å². The van der Waals surface area contributed by atoms with E-state index in [-0.39, 0.29) is 18.2 Å². The second-order valence-corrected chi connectivity index (χ2v) is 4.22. The number of nitrogens with zero attached hydrogens (tertiary/aromatic N) is 2. The molecule has 0 aliphatic carbocycles. The van der Waals surface area contributed by atoms with E-state index in [9.17, 15) is 9.59 Å². The summed E-state index contributed by atoms with van der Waals surface area (Å²) in [6.07, 6.45) is -0.718. The van der Waals surface area contributed by atoms with Crippen molar-refractivity contribution in [2.24, 2.45) is 0 Å². The van der Waals surface area contributed by atoms with Crippen molar-refractivity contribution >= 4 is 23.2 Å². The summed E-state index contributed by atoms with van der Waals surface area (Å²) in [5, 5.41) is 11.2. The van der Waals surface area contributed by atoms with Gasteiger partial charge in [-0.25, -0.2) is 0 Å². The number of nitriles is 1. The van der Waals surface area contributed by atoms with Crippen molar-refractivity contribution in [3.05, 3.63) is 18.2 Å². The van der Waals surface area contributed by atoms with Crippen molar-refractivity contribution in [1.82, 2.24) is 0 Å². The van der Waals surface area contributed by atoms with E-state index >= 15 is 0 Å². The van der Waals surface area contributed by atoms with Crippen LogP contribution in [0.5, 0.6) is 5.75 Å². The molecule has 0 aromatic heterocycles. The highest BCUT2D eigenvalue weighted by Crippen LogP contribution is 2.33. The van der Waals surface area contributed by atoms with Gasteiger partial charge in [-0.15, -0.1) is 0 Å². The van der Waals surface area contributed by atoms with E-state index in [4.69, 9.17) is 10.00 Å². The highest BCUT2D eigenvalue weighted by Gasteiger charge is 2.24. The number of carbonyl (C=O) groups is 2. The van der Waals surface area contributed by atoms with Crippen molar-refractivity contribution in [2.45, 2.75) is 19.4 Å². The van der Waals surface area contributed by atoms with Crippen LogP contribution in [0, 0.1) is 11.3 Å². The number of fused-ring (bicyclic) bond motifs is 1. The summed E-state index contributed by atoms with van der Waals surface area (Å²) in [4.78, 5) is 24.5. The quantitative estimate of drug-likeness (QED) is 0.867. The Morgan fingerprint density at radius 1 is 1.58 bits per heavy atom. The van der Waals surface area contributed by atoms with E-state index in [1.165, 1.54) is 4.90 Å². The molecule has 1 atom stereocenters. The number of anilines is 2. The number of carbonyl (C=O) groups excluding carboxylic acids is 2. The summed E-state index contributed by atoms with van der Waals surface area (Å²) in [7, 11) is 1.58. The standard InChI is InChI=1S/C13H13N3O3/c1-8-13(18)15-10-7-9(3-4-11(10)19-8)16(2)12(17)5-6-14/h3-4,7-8H,5H2,1-2H3,(H,15,18). The van der Waals surface area contributed by atoms with Gasteiger partial charge in [0.2, 0.25) is 5.91 Å². The Morgan fingerprint density at radius 2 is 2.32 bits per heavy atom. The number of hydrogen-bond acceptors (Lipinski definition) is 4. The average molecular weight is 259 g/mol. The molecule has 1 N–H and O–H groups in total. The lowest BCUT2D eigenvalue weighted by Gasteiger charge is -2.25. The van der Waals surface area contributed by atoms with Gasteiger partial charge >= 0.3 is 0 Å². The third-order valence-electron chi connectivity index (χ3n) is 2.89. The van der Waals surface area contributed by atoms with Gasteiger partial charge in [-0.1, -0.05) is 0 Å². The minimum atomic E-state index is -0.531. The Hall–Kier alpha value is -2.55. The summed E-state index contributed by atoms with van der Waals surface area (Å²) < 4.78 is 5.42. The molecule has 6 nitrogen and oxygen atoms in total. The predicted molar refractivity (Wildman–Crippen MR) is 68.8 cm³/mol. The molecule has 1 aromatic rings. The lowest BCUT2D eigenvalue weighted by molar-refractivity contribution is -0.122. The lowest BCUT2D eigenvalue weighted by Crippen LogP contribution is -2.34. The van der Waals surface area contributed by atoms with Crippen molar-refractivity contribution in [3.8, 4) is 11.8 Å². The van der Waals surface area contributed by atoms with Gasteiger partial charge in [-0.05, 0) is 25.1 Å². The number of benzene rings is 1. The molecule has 1 aromatic carbocycles. The zero-order valence-corrected chi connectivity index (χ0v) is 10.6. The molecule has 0 radical (unpaired) electrons. The van der Waals surface area contributed by atoms with Crippen LogP contribution in [-0.4, -0.2) is 25.0 Å². The molecule has 1 heterocycles. The Kier molecular flexibility index (Phi) is 3.38. The first kappa shape index (κ1) is 12.9. The fraction of sp³-hybridized carbons (Fsp3) is 0.308. The number of rotatable bonds is 2. The van der Waals surface area contributed by atoms with Crippen LogP contribution in [0.2, 0.25) is 0 Å². The van der Waals surface area contributed by atoms with Crippen molar-refractivity contribution in [1.29, 1.82) is 5.26 Å². The highest BCUT2D eigenvalue weighted by atomic mass is 16.5. The lowest BCUT2D eigenvalue weighted by atomic mass is 10.2. The second kappa shape index (κ2) is 4.98. The molecule has 1 aliphatic rings. The van der Waals surface area contributed by atoms with Crippen molar-refractivity contribution in [2.75, 3.05) is 17.3 Å². The Bertz CT molecular complexity index is 577. The minimum Gasteiger partial charge on any atom is -0.479 e. The van der Waals surface area contributed by atoms with Gasteiger partial charge in [0, 0.05) is 12.7 Å². The van der Waals surface area contributed by atoms with Crippen molar-refractivity contribution < 1.29 is 14.3 Å². The molecule has 1 aliphatic heterocycles. The molecular weight excluding hydrogens is 246 g/mol. The van der Waals surface area contributed by atoms with Crippen LogP contribution in [0.4, 0.5) is 11.4 Å². The monoisotopic (exact) mass is 259 g/mol. The number of ether oxygens (including phenoxy) is 1. The van der Waals surface area contributed by atoms with Gasteiger partial charge in [-0.2, -0.15) is 5.26 Å². The maximum Gasteiger partial charge on any atom is 0.265 e. The maximum atomic E-state index is 11.6. The third kappa shape index (κ3) is 2.50. The average Bonchev–Trinajstić information content (AvgIpc) is 2.39. The predicted octanol–water partition coefficient (Wildman–Crippen LogP) is 1.28. The summed E-state index contributed by atoms with van der Waals surface area (Å²) >= 11 is 0.